The number of hydrogen-bond acceptors (Lipinski definition) is 2. The summed E-state index contributed by atoms with van der Waals surface area (Å²) >= 11 is 6.05. The standard InChI is InChI=1S/C17H19ClFNO/c1-3-8-20-11-13-4-5-14(18)10-17(13)21-16-7-6-15(19)9-12(16)2/h4-7,9-10,20H,3,8,11H2,1-2H3. The topological polar surface area (TPSA) is 21.3 Å². The molecule has 4 heteroatoms. The SMILES string of the molecule is CCCNCc1ccc(Cl)cc1Oc1ccc(F)cc1C. The molecule has 0 bridgehead atoms. The van der Waals surface area contributed by atoms with Crippen molar-refractivity contribution in [1.82, 2.24) is 5.32 Å². The van der Waals surface area contributed by atoms with Gasteiger partial charge in [0.05, 0.1) is 0 Å². The number of benzene rings is 2. The average molecular weight is 308 g/mol. The predicted octanol–water partition coefficient (Wildman–Crippen LogP) is 5.08. The van der Waals surface area contributed by atoms with E-state index in [4.69, 9.17) is 16.3 Å². The van der Waals surface area contributed by atoms with Crippen molar-refractivity contribution in [2.75, 3.05) is 6.54 Å². The molecule has 2 aromatic rings. The van der Waals surface area contributed by atoms with Crippen molar-refractivity contribution >= 4 is 11.6 Å². The fraction of sp³-hybridized carbons (Fsp3) is 0.294. The lowest BCUT2D eigenvalue weighted by Gasteiger charge is -2.14. The van der Waals surface area contributed by atoms with Crippen LogP contribution >= 0.6 is 11.6 Å². The minimum atomic E-state index is -0.268. The zero-order chi connectivity index (χ0) is 15.2. The van der Waals surface area contributed by atoms with Crippen LogP contribution in [-0.2, 0) is 6.54 Å². The summed E-state index contributed by atoms with van der Waals surface area (Å²) in [6, 6.07) is 10.0. The number of nitrogens with one attached hydrogen (secondary N) is 1. The highest BCUT2D eigenvalue weighted by atomic mass is 35.5. The van der Waals surface area contributed by atoms with Crippen LogP contribution in [0.15, 0.2) is 36.4 Å². The third-order valence-electron chi connectivity index (χ3n) is 3.13. The summed E-state index contributed by atoms with van der Waals surface area (Å²) in [4.78, 5) is 0. The maximum atomic E-state index is 13.1. The molecule has 21 heavy (non-hydrogen) atoms. The van der Waals surface area contributed by atoms with Crippen LogP contribution in [0.25, 0.3) is 0 Å². The van der Waals surface area contributed by atoms with Gasteiger partial charge in [0.1, 0.15) is 17.3 Å². The highest BCUT2D eigenvalue weighted by Crippen LogP contribution is 2.30. The number of halogens is 2. The molecule has 112 valence electrons. The zero-order valence-electron chi connectivity index (χ0n) is 12.2. The van der Waals surface area contributed by atoms with Crippen LogP contribution in [-0.4, -0.2) is 6.54 Å². The van der Waals surface area contributed by atoms with Gasteiger partial charge in [-0.05, 0) is 55.8 Å². The molecule has 0 saturated carbocycles. The summed E-state index contributed by atoms with van der Waals surface area (Å²) in [6.07, 6.45) is 1.07. The quantitative estimate of drug-likeness (QED) is 0.751. The Kier molecular flexibility index (Phi) is 5.59. The van der Waals surface area contributed by atoms with E-state index in [0.29, 0.717) is 23.1 Å². The first-order chi connectivity index (χ1) is 10.1. The molecule has 2 aromatic carbocycles. The van der Waals surface area contributed by atoms with Crippen LogP contribution < -0.4 is 10.1 Å². The fourth-order valence-corrected chi connectivity index (χ4v) is 2.18. The third-order valence-corrected chi connectivity index (χ3v) is 3.36. The van der Waals surface area contributed by atoms with E-state index in [1.165, 1.54) is 12.1 Å². The van der Waals surface area contributed by atoms with Gasteiger partial charge >= 0.3 is 0 Å². The molecule has 0 fully saturated rings. The van der Waals surface area contributed by atoms with Gasteiger partial charge in [-0.1, -0.05) is 24.6 Å². The summed E-state index contributed by atoms with van der Waals surface area (Å²) in [7, 11) is 0. The maximum absolute atomic E-state index is 13.1. The largest absolute Gasteiger partial charge is 0.457 e. The van der Waals surface area contributed by atoms with Crippen LogP contribution in [0.1, 0.15) is 24.5 Å². The minimum Gasteiger partial charge on any atom is -0.457 e. The molecule has 2 nitrogen and oxygen atoms in total. The maximum Gasteiger partial charge on any atom is 0.133 e. The monoisotopic (exact) mass is 307 g/mol. The summed E-state index contributed by atoms with van der Waals surface area (Å²) < 4.78 is 19.1. The Labute approximate surface area is 129 Å². The van der Waals surface area contributed by atoms with E-state index < -0.39 is 0 Å². The molecule has 0 aliphatic rings. The first-order valence-corrected chi connectivity index (χ1v) is 7.41. The molecule has 0 saturated heterocycles. The molecule has 0 unspecified atom stereocenters. The summed E-state index contributed by atoms with van der Waals surface area (Å²) in [5, 5.41) is 3.95. The van der Waals surface area contributed by atoms with Crippen molar-refractivity contribution in [3.05, 3.63) is 58.4 Å². The van der Waals surface area contributed by atoms with Gasteiger partial charge in [0.15, 0.2) is 0 Å². The van der Waals surface area contributed by atoms with E-state index in [-0.39, 0.29) is 5.82 Å². The molecule has 1 N–H and O–H groups in total. The molecule has 0 radical (unpaired) electrons. The molecule has 0 amide bonds. The Morgan fingerprint density at radius 2 is 1.95 bits per heavy atom. The Balaban J connectivity index is 2.22. The number of ether oxygens (including phenoxy) is 1. The van der Waals surface area contributed by atoms with E-state index in [1.807, 2.05) is 19.1 Å². The Hall–Kier alpha value is -1.58. The number of hydrogen-bond donors (Lipinski definition) is 1. The molecular weight excluding hydrogens is 289 g/mol. The van der Waals surface area contributed by atoms with Crippen LogP contribution in [0, 0.1) is 12.7 Å². The summed E-state index contributed by atoms with van der Waals surface area (Å²) in [5.74, 6) is 1.06. The van der Waals surface area contributed by atoms with Crippen molar-refractivity contribution in [3.8, 4) is 11.5 Å². The molecule has 2 rings (SSSR count). The van der Waals surface area contributed by atoms with Gasteiger partial charge in [-0.25, -0.2) is 4.39 Å². The van der Waals surface area contributed by atoms with Gasteiger partial charge in [-0.15, -0.1) is 0 Å². The van der Waals surface area contributed by atoms with Crippen LogP contribution in [0.2, 0.25) is 5.02 Å². The third kappa shape index (κ3) is 4.45. The van der Waals surface area contributed by atoms with Gasteiger partial charge < -0.3 is 10.1 Å². The van der Waals surface area contributed by atoms with Gasteiger partial charge in [0.2, 0.25) is 0 Å². The van der Waals surface area contributed by atoms with Crippen molar-refractivity contribution < 1.29 is 9.13 Å². The van der Waals surface area contributed by atoms with Crippen LogP contribution in [0.5, 0.6) is 11.5 Å². The smallest absolute Gasteiger partial charge is 0.133 e. The predicted molar refractivity (Wildman–Crippen MR) is 84.7 cm³/mol. The minimum absolute atomic E-state index is 0.268. The molecule has 0 aliphatic heterocycles. The molecule has 0 aliphatic carbocycles. The van der Waals surface area contributed by atoms with E-state index in [1.54, 1.807) is 12.1 Å². The van der Waals surface area contributed by atoms with E-state index in [9.17, 15) is 4.39 Å². The van der Waals surface area contributed by atoms with Crippen LogP contribution in [0.3, 0.4) is 0 Å². The molecule has 0 spiro atoms. The van der Waals surface area contributed by atoms with Crippen molar-refractivity contribution in [2.45, 2.75) is 26.8 Å². The van der Waals surface area contributed by atoms with Gasteiger partial charge in [-0.3, -0.25) is 0 Å². The molecule has 0 atom stereocenters. The molecule has 0 heterocycles. The Morgan fingerprint density at radius 1 is 1.14 bits per heavy atom. The molecular formula is C17H19ClFNO. The lowest BCUT2D eigenvalue weighted by Crippen LogP contribution is -2.14. The highest BCUT2D eigenvalue weighted by Gasteiger charge is 2.08. The second-order valence-electron chi connectivity index (χ2n) is 4.94. The fourth-order valence-electron chi connectivity index (χ4n) is 2.02. The van der Waals surface area contributed by atoms with Crippen molar-refractivity contribution in [1.29, 1.82) is 0 Å². The number of rotatable bonds is 6. The normalized spacial score (nSPS) is 10.7. The van der Waals surface area contributed by atoms with E-state index in [2.05, 4.69) is 12.2 Å². The van der Waals surface area contributed by atoms with Gasteiger partial charge in [0, 0.05) is 17.1 Å². The first kappa shape index (κ1) is 15.8. The van der Waals surface area contributed by atoms with E-state index >= 15 is 0 Å². The lowest BCUT2D eigenvalue weighted by atomic mass is 10.2. The Morgan fingerprint density at radius 3 is 2.67 bits per heavy atom. The zero-order valence-corrected chi connectivity index (χ0v) is 13.0. The summed E-state index contributed by atoms with van der Waals surface area (Å²) in [5.41, 5.74) is 1.78. The second kappa shape index (κ2) is 7.43. The van der Waals surface area contributed by atoms with Crippen LogP contribution in [0.4, 0.5) is 4.39 Å². The summed E-state index contributed by atoms with van der Waals surface area (Å²) in [6.45, 7) is 5.59. The highest BCUT2D eigenvalue weighted by molar-refractivity contribution is 6.30. The van der Waals surface area contributed by atoms with Crippen molar-refractivity contribution in [2.24, 2.45) is 0 Å². The molecule has 0 aromatic heterocycles. The average Bonchev–Trinajstić information content (AvgIpc) is 2.44. The van der Waals surface area contributed by atoms with Gasteiger partial charge in [0.25, 0.3) is 0 Å². The second-order valence-corrected chi connectivity index (χ2v) is 5.38. The number of aryl methyl sites for hydroxylation is 1. The van der Waals surface area contributed by atoms with Crippen molar-refractivity contribution in [3.63, 3.8) is 0 Å². The lowest BCUT2D eigenvalue weighted by molar-refractivity contribution is 0.467. The first-order valence-electron chi connectivity index (χ1n) is 7.03. The van der Waals surface area contributed by atoms with Gasteiger partial charge in [-0.2, -0.15) is 0 Å². The Bertz CT molecular complexity index is 616. The van der Waals surface area contributed by atoms with E-state index in [0.717, 1.165) is 24.1 Å².